The van der Waals surface area contributed by atoms with Crippen molar-refractivity contribution in [2.75, 3.05) is 12.4 Å². The fourth-order valence-corrected chi connectivity index (χ4v) is 1.35. The summed E-state index contributed by atoms with van der Waals surface area (Å²) in [5.74, 6) is 0.0320. The van der Waals surface area contributed by atoms with Crippen LogP contribution in [-0.2, 0) is 20.6 Å². The van der Waals surface area contributed by atoms with Gasteiger partial charge < -0.3 is 9.29 Å². The third-order valence-electron chi connectivity index (χ3n) is 1.71. The van der Waals surface area contributed by atoms with Gasteiger partial charge in [0.1, 0.15) is 0 Å². The summed E-state index contributed by atoms with van der Waals surface area (Å²) < 4.78 is 23.6. The number of ether oxygens (including phenoxy) is 1. The second-order valence-corrected chi connectivity index (χ2v) is 4.11. The van der Waals surface area contributed by atoms with E-state index in [0.29, 0.717) is 25.9 Å². The smallest absolute Gasteiger partial charge is 0.305 e. The third-order valence-corrected chi connectivity index (χ3v) is 2.35. The van der Waals surface area contributed by atoms with Gasteiger partial charge in [-0.15, -0.1) is 0 Å². The van der Waals surface area contributed by atoms with Crippen molar-refractivity contribution < 1.29 is 18.3 Å². The van der Waals surface area contributed by atoms with E-state index in [1.54, 1.807) is 0 Å². The molecule has 84 valence electrons. The second kappa shape index (κ2) is 9.15. The highest BCUT2D eigenvalue weighted by molar-refractivity contribution is 7.79. The van der Waals surface area contributed by atoms with Crippen LogP contribution in [0.15, 0.2) is 0 Å². The average Bonchev–Trinajstić information content (AvgIpc) is 2.13. The van der Waals surface area contributed by atoms with Crippen LogP contribution in [-0.4, -0.2) is 27.1 Å². The van der Waals surface area contributed by atoms with Gasteiger partial charge in [0.25, 0.3) is 0 Å². The van der Waals surface area contributed by atoms with Gasteiger partial charge >= 0.3 is 5.97 Å². The van der Waals surface area contributed by atoms with Crippen molar-refractivity contribution >= 4 is 17.0 Å². The standard InChI is InChI=1S/C9H18O4S/c1-2-3-7-13-9(10)6-4-5-8-14(11)12/h2-8H2,1H3,(H,11,12). The van der Waals surface area contributed by atoms with Crippen molar-refractivity contribution in [2.45, 2.75) is 39.0 Å². The predicted octanol–water partition coefficient (Wildman–Crippen LogP) is 1.72. The second-order valence-electron chi connectivity index (χ2n) is 3.06. The fraction of sp³-hybridized carbons (Fsp3) is 0.889. The first-order chi connectivity index (χ1) is 6.66. The van der Waals surface area contributed by atoms with E-state index in [4.69, 9.17) is 9.29 Å². The maximum absolute atomic E-state index is 11.0. The highest BCUT2D eigenvalue weighted by Gasteiger charge is 2.02. The number of hydrogen-bond donors (Lipinski definition) is 1. The number of carbonyl (C=O) groups excluding carboxylic acids is 1. The molecular formula is C9H18O4S. The first-order valence-electron chi connectivity index (χ1n) is 4.90. The molecule has 4 nitrogen and oxygen atoms in total. The molecule has 0 aromatic rings. The van der Waals surface area contributed by atoms with Crippen LogP contribution in [0.1, 0.15) is 39.0 Å². The molecular weight excluding hydrogens is 204 g/mol. The lowest BCUT2D eigenvalue weighted by molar-refractivity contribution is -0.143. The predicted molar refractivity (Wildman–Crippen MR) is 55.4 cm³/mol. The molecule has 0 bridgehead atoms. The van der Waals surface area contributed by atoms with E-state index >= 15 is 0 Å². The molecule has 0 aliphatic heterocycles. The molecule has 14 heavy (non-hydrogen) atoms. The molecule has 0 spiro atoms. The summed E-state index contributed by atoms with van der Waals surface area (Å²) in [5, 5.41) is 0. The van der Waals surface area contributed by atoms with E-state index in [9.17, 15) is 9.00 Å². The Hall–Kier alpha value is -0.420. The van der Waals surface area contributed by atoms with E-state index in [1.807, 2.05) is 6.92 Å². The Bertz CT molecular complexity index is 182. The minimum absolute atomic E-state index is 0.206. The summed E-state index contributed by atoms with van der Waals surface area (Å²) in [6.45, 7) is 2.52. The number of carbonyl (C=O) groups is 1. The molecule has 5 heteroatoms. The SMILES string of the molecule is CCCCOC(=O)CCCCS(=O)O. The summed E-state index contributed by atoms with van der Waals surface area (Å²) in [5.41, 5.74) is 0. The molecule has 1 N–H and O–H groups in total. The normalized spacial score (nSPS) is 12.4. The molecule has 0 aromatic heterocycles. The van der Waals surface area contributed by atoms with Crippen molar-refractivity contribution in [3.63, 3.8) is 0 Å². The van der Waals surface area contributed by atoms with Crippen LogP contribution < -0.4 is 0 Å². The lowest BCUT2D eigenvalue weighted by Gasteiger charge is -2.02. The lowest BCUT2D eigenvalue weighted by Crippen LogP contribution is -2.06. The van der Waals surface area contributed by atoms with Gasteiger partial charge in [-0.05, 0) is 19.3 Å². The molecule has 1 atom stereocenters. The van der Waals surface area contributed by atoms with Gasteiger partial charge in [0.2, 0.25) is 0 Å². The van der Waals surface area contributed by atoms with Crippen molar-refractivity contribution in [2.24, 2.45) is 0 Å². The molecule has 0 aliphatic carbocycles. The number of rotatable bonds is 8. The molecule has 0 radical (unpaired) electrons. The van der Waals surface area contributed by atoms with E-state index in [0.717, 1.165) is 12.8 Å². The Morgan fingerprint density at radius 3 is 2.64 bits per heavy atom. The molecule has 0 rings (SSSR count). The van der Waals surface area contributed by atoms with Gasteiger partial charge in [0.05, 0.1) is 6.61 Å². The first kappa shape index (κ1) is 13.6. The molecule has 0 fully saturated rings. The number of unbranched alkanes of at least 4 members (excludes halogenated alkanes) is 2. The molecule has 0 aliphatic rings. The Kier molecular flexibility index (Phi) is 8.87. The molecule has 0 amide bonds. The van der Waals surface area contributed by atoms with Crippen LogP contribution in [0.4, 0.5) is 0 Å². The van der Waals surface area contributed by atoms with Crippen LogP contribution >= 0.6 is 0 Å². The number of esters is 1. The maximum atomic E-state index is 11.0. The van der Waals surface area contributed by atoms with E-state index in [2.05, 4.69) is 0 Å². The van der Waals surface area contributed by atoms with Gasteiger partial charge in [0, 0.05) is 12.2 Å². The average molecular weight is 222 g/mol. The van der Waals surface area contributed by atoms with Crippen LogP contribution in [0.3, 0.4) is 0 Å². The zero-order valence-corrected chi connectivity index (χ0v) is 9.35. The monoisotopic (exact) mass is 222 g/mol. The van der Waals surface area contributed by atoms with E-state index < -0.39 is 11.1 Å². The zero-order chi connectivity index (χ0) is 10.8. The van der Waals surface area contributed by atoms with Crippen LogP contribution in [0.2, 0.25) is 0 Å². The van der Waals surface area contributed by atoms with Crippen molar-refractivity contribution in [3.05, 3.63) is 0 Å². The molecule has 1 unspecified atom stereocenters. The van der Waals surface area contributed by atoms with Crippen LogP contribution in [0, 0.1) is 0 Å². The Balaban J connectivity index is 3.22. The van der Waals surface area contributed by atoms with Crippen molar-refractivity contribution in [3.8, 4) is 0 Å². The Morgan fingerprint density at radius 1 is 1.36 bits per heavy atom. The zero-order valence-electron chi connectivity index (χ0n) is 8.53. The van der Waals surface area contributed by atoms with Crippen LogP contribution in [0.25, 0.3) is 0 Å². The van der Waals surface area contributed by atoms with Gasteiger partial charge in [-0.2, -0.15) is 0 Å². The van der Waals surface area contributed by atoms with Gasteiger partial charge in [-0.3, -0.25) is 4.79 Å². The quantitative estimate of drug-likeness (QED) is 0.386. The largest absolute Gasteiger partial charge is 0.466 e. The van der Waals surface area contributed by atoms with Crippen LogP contribution in [0.5, 0.6) is 0 Å². The van der Waals surface area contributed by atoms with Crippen molar-refractivity contribution in [1.82, 2.24) is 0 Å². The maximum Gasteiger partial charge on any atom is 0.305 e. The molecule has 0 saturated heterocycles. The summed E-state index contributed by atoms with van der Waals surface area (Å²) in [4.78, 5) is 11.0. The first-order valence-corrected chi connectivity index (χ1v) is 6.17. The highest BCUT2D eigenvalue weighted by Crippen LogP contribution is 1.99. The minimum Gasteiger partial charge on any atom is -0.466 e. The lowest BCUT2D eigenvalue weighted by atomic mass is 10.2. The third kappa shape index (κ3) is 9.67. The Labute approximate surface area is 87.3 Å². The molecule has 0 heterocycles. The number of hydrogen-bond acceptors (Lipinski definition) is 3. The highest BCUT2D eigenvalue weighted by atomic mass is 32.2. The van der Waals surface area contributed by atoms with Gasteiger partial charge in [-0.1, -0.05) is 13.3 Å². The molecule has 0 saturated carbocycles. The summed E-state index contributed by atoms with van der Waals surface area (Å²) >= 11 is -1.74. The fourth-order valence-electron chi connectivity index (χ4n) is 0.897. The van der Waals surface area contributed by atoms with Gasteiger partial charge in [-0.25, -0.2) is 4.21 Å². The molecule has 0 aromatic carbocycles. The van der Waals surface area contributed by atoms with Gasteiger partial charge in [0.15, 0.2) is 11.1 Å². The van der Waals surface area contributed by atoms with E-state index in [1.165, 1.54) is 0 Å². The van der Waals surface area contributed by atoms with E-state index in [-0.39, 0.29) is 11.7 Å². The summed E-state index contributed by atoms with van der Waals surface area (Å²) in [6.07, 6.45) is 3.47. The summed E-state index contributed by atoms with van der Waals surface area (Å²) in [6, 6.07) is 0. The van der Waals surface area contributed by atoms with Crippen molar-refractivity contribution in [1.29, 1.82) is 0 Å². The topological polar surface area (TPSA) is 63.6 Å². The minimum atomic E-state index is -1.74. The summed E-state index contributed by atoms with van der Waals surface area (Å²) in [7, 11) is 0. The Morgan fingerprint density at radius 2 is 2.07 bits per heavy atom.